The van der Waals surface area contributed by atoms with E-state index in [-0.39, 0.29) is 23.8 Å². The van der Waals surface area contributed by atoms with E-state index in [4.69, 9.17) is 16.3 Å². The van der Waals surface area contributed by atoms with Crippen molar-refractivity contribution in [3.63, 3.8) is 0 Å². The highest BCUT2D eigenvalue weighted by Crippen LogP contribution is 2.42. The monoisotopic (exact) mass is 279 g/mol. The summed E-state index contributed by atoms with van der Waals surface area (Å²) in [7, 11) is 1.47. The molecular formula is C15H18ClNO2. The Morgan fingerprint density at radius 3 is 2.74 bits per heavy atom. The molecule has 2 bridgehead atoms. The van der Waals surface area contributed by atoms with E-state index in [1.54, 1.807) is 0 Å². The van der Waals surface area contributed by atoms with Crippen LogP contribution in [0.15, 0.2) is 24.3 Å². The zero-order chi connectivity index (χ0) is 13.4. The number of piperidine rings is 1. The molecule has 1 aromatic carbocycles. The Kier molecular flexibility index (Phi) is 3.50. The predicted octanol–water partition coefficient (Wildman–Crippen LogP) is 2.74. The van der Waals surface area contributed by atoms with Crippen molar-refractivity contribution >= 4 is 17.6 Å². The van der Waals surface area contributed by atoms with E-state index in [9.17, 15) is 4.79 Å². The largest absolute Gasteiger partial charge is 0.469 e. The van der Waals surface area contributed by atoms with E-state index in [1.807, 2.05) is 24.3 Å². The molecule has 19 heavy (non-hydrogen) atoms. The SMILES string of the molecule is COC(=O)[C@@H]1C2CCC(C[C@@H]1c1ccc(Cl)cc1)N2. The topological polar surface area (TPSA) is 38.3 Å². The fraction of sp³-hybridized carbons (Fsp3) is 0.533. The van der Waals surface area contributed by atoms with Crippen molar-refractivity contribution in [1.82, 2.24) is 5.32 Å². The lowest BCUT2D eigenvalue weighted by molar-refractivity contribution is -0.148. The average molecular weight is 280 g/mol. The Morgan fingerprint density at radius 1 is 1.32 bits per heavy atom. The fourth-order valence-electron chi connectivity index (χ4n) is 3.57. The maximum absolute atomic E-state index is 12.1. The number of halogens is 1. The number of carbonyl (C=O) groups is 1. The first-order chi connectivity index (χ1) is 9.19. The quantitative estimate of drug-likeness (QED) is 0.846. The minimum atomic E-state index is -0.0993. The van der Waals surface area contributed by atoms with Gasteiger partial charge in [0.2, 0.25) is 0 Å². The first-order valence-electron chi connectivity index (χ1n) is 6.78. The Hall–Kier alpha value is -1.06. The first-order valence-corrected chi connectivity index (χ1v) is 7.16. The second kappa shape index (κ2) is 5.14. The minimum Gasteiger partial charge on any atom is -0.469 e. The van der Waals surface area contributed by atoms with Gasteiger partial charge in [0, 0.05) is 23.0 Å². The molecule has 0 aliphatic carbocycles. The van der Waals surface area contributed by atoms with Crippen LogP contribution in [0.2, 0.25) is 5.02 Å². The third kappa shape index (κ3) is 2.37. The molecule has 1 aromatic rings. The van der Waals surface area contributed by atoms with E-state index in [0.29, 0.717) is 6.04 Å². The van der Waals surface area contributed by atoms with Crippen molar-refractivity contribution in [1.29, 1.82) is 0 Å². The van der Waals surface area contributed by atoms with Gasteiger partial charge in [-0.25, -0.2) is 0 Å². The number of hydrogen-bond donors (Lipinski definition) is 1. The molecule has 0 amide bonds. The van der Waals surface area contributed by atoms with Crippen LogP contribution in [0.3, 0.4) is 0 Å². The second-order valence-corrected chi connectivity index (χ2v) is 5.93. The fourth-order valence-corrected chi connectivity index (χ4v) is 3.70. The number of fused-ring (bicyclic) bond motifs is 2. The summed E-state index contributed by atoms with van der Waals surface area (Å²) in [6.07, 6.45) is 3.22. The number of carbonyl (C=O) groups excluding carboxylic acids is 1. The van der Waals surface area contributed by atoms with Crippen molar-refractivity contribution in [2.75, 3.05) is 7.11 Å². The van der Waals surface area contributed by atoms with Gasteiger partial charge in [-0.15, -0.1) is 0 Å². The van der Waals surface area contributed by atoms with Gasteiger partial charge in [-0.05, 0) is 37.0 Å². The molecule has 102 valence electrons. The molecule has 0 aromatic heterocycles. The summed E-state index contributed by atoms with van der Waals surface area (Å²) in [4.78, 5) is 12.1. The van der Waals surface area contributed by atoms with E-state index in [1.165, 1.54) is 12.7 Å². The van der Waals surface area contributed by atoms with Gasteiger partial charge in [0.05, 0.1) is 13.0 Å². The van der Waals surface area contributed by atoms with Gasteiger partial charge in [-0.2, -0.15) is 0 Å². The molecule has 1 N–H and O–H groups in total. The Bertz CT molecular complexity index is 474. The highest BCUT2D eigenvalue weighted by atomic mass is 35.5. The summed E-state index contributed by atoms with van der Waals surface area (Å²) in [6.45, 7) is 0. The molecule has 3 nitrogen and oxygen atoms in total. The zero-order valence-electron chi connectivity index (χ0n) is 10.9. The molecule has 2 aliphatic rings. The number of benzene rings is 1. The normalized spacial score (nSPS) is 33.2. The van der Waals surface area contributed by atoms with Gasteiger partial charge in [0.15, 0.2) is 0 Å². The summed E-state index contributed by atoms with van der Waals surface area (Å²) >= 11 is 5.94. The molecule has 2 fully saturated rings. The maximum atomic E-state index is 12.1. The van der Waals surface area contributed by atoms with Crippen molar-refractivity contribution in [2.45, 2.75) is 37.3 Å². The van der Waals surface area contributed by atoms with Crippen molar-refractivity contribution in [2.24, 2.45) is 5.92 Å². The highest BCUT2D eigenvalue weighted by Gasteiger charge is 2.46. The van der Waals surface area contributed by atoms with Gasteiger partial charge in [-0.1, -0.05) is 23.7 Å². The molecule has 0 radical (unpaired) electrons. The number of ether oxygens (including phenoxy) is 1. The van der Waals surface area contributed by atoms with Crippen LogP contribution in [-0.4, -0.2) is 25.2 Å². The van der Waals surface area contributed by atoms with Crippen LogP contribution in [0.1, 0.15) is 30.7 Å². The summed E-state index contributed by atoms with van der Waals surface area (Å²) < 4.78 is 5.01. The van der Waals surface area contributed by atoms with Gasteiger partial charge in [0.1, 0.15) is 0 Å². The van der Waals surface area contributed by atoms with Gasteiger partial charge in [-0.3, -0.25) is 4.79 Å². The van der Waals surface area contributed by atoms with Gasteiger partial charge in [0.25, 0.3) is 0 Å². The smallest absolute Gasteiger partial charge is 0.310 e. The Labute approximate surface area is 118 Å². The lowest BCUT2D eigenvalue weighted by Gasteiger charge is -2.36. The van der Waals surface area contributed by atoms with Crippen LogP contribution >= 0.6 is 11.6 Å². The van der Waals surface area contributed by atoms with E-state index < -0.39 is 0 Å². The third-order valence-electron chi connectivity index (χ3n) is 4.45. The van der Waals surface area contributed by atoms with Gasteiger partial charge < -0.3 is 10.1 Å². The Morgan fingerprint density at radius 2 is 2.05 bits per heavy atom. The van der Waals surface area contributed by atoms with Crippen LogP contribution in [-0.2, 0) is 9.53 Å². The van der Waals surface area contributed by atoms with Crippen LogP contribution in [0.5, 0.6) is 0 Å². The second-order valence-electron chi connectivity index (χ2n) is 5.49. The van der Waals surface area contributed by atoms with E-state index in [0.717, 1.165) is 24.3 Å². The molecule has 4 heteroatoms. The van der Waals surface area contributed by atoms with E-state index in [2.05, 4.69) is 5.32 Å². The molecule has 2 unspecified atom stereocenters. The van der Waals surface area contributed by atoms with Crippen LogP contribution in [0, 0.1) is 5.92 Å². The minimum absolute atomic E-state index is 0.0788. The third-order valence-corrected chi connectivity index (χ3v) is 4.70. The number of methoxy groups -OCH3 is 1. The van der Waals surface area contributed by atoms with Crippen LogP contribution in [0.25, 0.3) is 0 Å². The zero-order valence-corrected chi connectivity index (χ0v) is 11.7. The predicted molar refractivity (Wildman–Crippen MR) is 74.3 cm³/mol. The number of nitrogens with one attached hydrogen (secondary N) is 1. The first kappa shape index (κ1) is 12.9. The van der Waals surface area contributed by atoms with Gasteiger partial charge >= 0.3 is 5.97 Å². The number of rotatable bonds is 2. The summed E-state index contributed by atoms with van der Waals surface area (Å²) in [5, 5.41) is 4.27. The Balaban J connectivity index is 1.92. The van der Waals surface area contributed by atoms with Crippen molar-refractivity contribution < 1.29 is 9.53 Å². The molecule has 0 spiro atoms. The molecular weight excluding hydrogens is 262 g/mol. The summed E-state index contributed by atoms with van der Waals surface area (Å²) in [5.41, 5.74) is 1.19. The average Bonchev–Trinajstić information content (AvgIpc) is 2.80. The number of hydrogen-bond acceptors (Lipinski definition) is 3. The standard InChI is InChI=1S/C15H18ClNO2/c1-19-15(18)14-12(8-11-6-7-13(14)17-11)9-2-4-10(16)5-3-9/h2-5,11-14,17H,6-8H2,1H3/t11?,12-,13?,14+/m1/s1. The molecule has 2 aliphatic heterocycles. The van der Waals surface area contributed by atoms with Crippen LogP contribution < -0.4 is 5.32 Å². The molecule has 2 saturated heterocycles. The van der Waals surface area contributed by atoms with Crippen molar-refractivity contribution in [3.05, 3.63) is 34.9 Å². The van der Waals surface area contributed by atoms with Crippen molar-refractivity contribution in [3.8, 4) is 0 Å². The molecule has 0 saturated carbocycles. The molecule has 4 atom stereocenters. The maximum Gasteiger partial charge on any atom is 0.310 e. The van der Waals surface area contributed by atoms with Crippen LogP contribution in [0.4, 0.5) is 0 Å². The summed E-state index contributed by atoms with van der Waals surface area (Å²) in [6, 6.07) is 8.66. The lowest BCUT2D eigenvalue weighted by atomic mass is 9.77. The van der Waals surface area contributed by atoms with E-state index >= 15 is 0 Å². The number of esters is 1. The lowest BCUT2D eigenvalue weighted by Crippen LogP contribution is -2.48. The highest BCUT2D eigenvalue weighted by molar-refractivity contribution is 6.30. The summed E-state index contributed by atoms with van der Waals surface area (Å²) in [5.74, 6) is 0.0613. The molecule has 2 heterocycles. The molecule has 3 rings (SSSR count).